The maximum Gasteiger partial charge on any atom is 0.202 e. The lowest BCUT2D eigenvalue weighted by atomic mass is 9.82. The molecule has 0 aliphatic heterocycles. The molecular formula is C17H14O6. The molecule has 0 amide bonds. The van der Waals surface area contributed by atoms with Crippen LogP contribution in [0.1, 0.15) is 37.4 Å². The molecule has 0 aromatic heterocycles. The summed E-state index contributed by atoms with van der Waals surface area (Å²) in [6.45, 7) is 1.78. The molecule has 1 aliphatic carbocycles. The van der Waals surface area contributed by atoms with E-state index in [1.165, 1.54) is 20.3 Å². The van der Waals surface area contributed by atoms with E-state index < -0.39 is 23.1 Å². The molecule has 0 heterocycles. The smallest absolute Gasteiger partial charge is 0.202 e. The van der Waals surface area contributed by atoms with Crippen molar-refractivity contribution in [1.29, 1.82) is 0 Å². The lowest BCUT2D eigenvalue weighted by Crippen LogP contribution is -2.22. The average Bonchev–Trinajstić information content (AvgIpc) is 2.53. The lowest BCUT2D eigenvalue weighted by Gasteiger charge is -2.22. The Morgan fingerprint density at radius 1 is 0.783 bits per heavy atom. The maximum absolute atomic E-state index is 12.8. The van der Waals surface area contributed by atoms with Crippen LogP contribution < -0.4 is 9.47 Å². The Morgan fingerprint density at radius 3 is 2.00 bits per heavy atom. The van der Waals surface area contributed by atoms with Gasteiger partial charge in [0.2, 0.25) is 11.5 Å². The van der Waals surface area contributed by atoms with Crippen molar-refractivity contribution in [2.45, 2.75) is 6.92 Å². The first-order valence-corrected chi connectivity index (χ1v) is 6.81. The van der Waals surface area contributed by atoms with E-state index >= 15 is 0 Å². The van der Waals surface area contributed by atoms with E-state index in [9.17, 15) is 19.8 Å². The first kappa shape index (κ1) is 14.9. The molecule has 2 aromatic rings. The van der Waals surface area contributed by atoms with Crippen LogP contribution in [0.3, 0.4) is 0 Å². The summed E-state index contributed by atoms with van der Waals surface area (Å²) in [5.41, 5.74) is 0.785. The van der Waals surface area contributed by atoms with Crippen LogP contribution in [0.5, 0.6) is 23.0 Å². The fourth-order valence-corrected chi connectivity index (χ4v) is 2.80. The van der Waals surface area contributed by atoms with E-state index in [2.05, 4.69) is 0 Å². The first-order chi connectivity index (χ1) is 10.9. The predicted molar refractivity (Wildman–Crippen MR) is 80.9 cm³/mol. The van der Waals surface area contributed by atoms with E-state index in [0.29, 0.717) is 0 Å². The van der Waals surface area contributed by atoms with Crippen molar-refractivity contribution in [3.63, 3.8) is 0 Å². The van der Waals surface area contributed by atoms with Crippen LogP contribution in [0.25, 0.3) is 0 Å². The third-order valence-corrected chi connectivity index (χ3v) is 3.87. The van der Waals surface area contributed by atoms with Crippen LogP contribution in [0.4, 0.5) is 0 Å². The molecule has 0 atom stereocenters. The molecule has 2 N–H and O–H groups in total. The van der Waals surface area contributed by atoms with Crippen LogP contribution in [0.2, 0.25) is 0 Å². The van der Waals surface area contributed by atoms with Crippen molar-refractivity contribution in [3.05, 3.63) is 46.0 Å². The number of ether oxygens (including phenoxy) is 2. The van der Waals surface area contributed by atoms with Crippen molar-refractivity contribution >= 4 is 11.6 Å². The summed E-state index contributed by atoms with van der Waals surface area (Å²) in [7, 11) is 2.69. The summed E-state index contributed by atoms with van der Waals surface area (Å²) < 4.78 is 10.1. The second-order valence-corrected chi connectivity index (χ2v) is 5.25. The van der Waals surface area contributed by atoms with Crippen LogP contribution in [-0.2, 0) is 0 Å². The van der Waals surface area contributed by atoms with Gasteiger partial charge >= 0.3 is 0 Å². The number of benzene rings is 2. The zero-order valence-electron chi connectivity index (χ0n) is 12.8. The fourth-order valence-electron chi connectivity index (χ4n) is 2.80. The topological polar surface area (TPSA) is 93.1 Å². The molecule has 0 radical (unpaired) electrons. The van der Waals surface area contributed by atoms with Crippen LogP contribution in [0.15, 0.2) is 18.2 Å². The number of aromatic hydroxyl groups is 2. The third-order valence-electron chi connectivity index (χ3n) is 3.87. The van der Waals surface area contributed by atoms with Gasteiger partial charge in [0.1, 0.15) is 5.75 Å². The zero-order valence-corrected chi connectivity index (χ0v) is 12.8. The molecule has 2 aromatic carbocycles. The molecule has 1 aliphatic rings. The van der Waals surface area contributed by atoms with E-state index in [1.807, 2.05) is 0 Å². The Hall–Kier alpha value is -3.02. The van der Waals surface area contributed by atoms with E-state index in [0.717, 1.165) is 5.56 Å². The van der Waals surface area contributed by atoms with Gasteiger partial charge in [-0.05, 0) is 30.7 Å². The van der Waals surface area contributed by atoms with Crippen molar-refractivity contribution in [2.75, 3.05) is 14.2 Å². The Morgan fingerprint density at radius 2 is 1.39 bits per heavy atom. The van der Waals surface area contributed by atoms with Gasteiger partial charge in [0, 0.05) is 11.1 Å². The quantitative estimate of drug-likeness (QED) is 0.704. The highest BCUT2D eigenvalue weighted by molar-refractivity contribution is 6.30. The summed E-state index contributed by atoms with van der Waals surface area (Å²) in [5.74, 6) is -2.11. The molecule has 0 fully saturated rings. The Bertz CT molecular complexity index is 866. The number of fused-ring (bicyclic) bond motifs is 2. The molecule has 0 saturated carbocycles. The zero-order chi connectivity index (χ0) is 16.9. The van der Waals surface area contributed by atoms with Crippen molar-refractivity contribution in [3.8, 4) is 23.0 Å². The first-order valence-electron chi connectivity index (χ1n) is 6.81. The summed E-state index contributed by atoms with van der Waals surface area (Å²) in [4.78, 5) is 25.5. The number of phenolic OH excluding ortho intramolecular Hbond substituents is 2. The van der Waals surface area contributed by atoms with E-state index in [4.69, 9.17) is 9.47 Å². The number of hydrogen-bond acceptors (Lipinski definition) is 6. The van der Waals surface area contributed by atoms with Gasteiger partial charge in [-0.25, -0.2) is 0 Å². The van der Waals surface area contributed by atoms with Gasteiger partial charge in [-0.2, -0.15) is 0 Å². The van der Waals surface area contributed by atoms with Gasteiger partial charge in [-0.1, -0.05) is 0 Å². The highest BCUT2D eigenvalue weighted by Gasteiger charge is 2.37. The lowest BCUT2D eigenvalue weighted by molar-refractivity contribution is 0.0973. The van der Waals surface area contributed by atoms with Crippen molar-refractivity contribution < 1.29 is 29.3 Å². The van der Waals surface area contributed by atoms with Gasteiger partial charge in [0.25, 0.3) is 0 Å². The standard InChI is InChI=1S/C17H14O6/c1-7-4-8-12(10(5-7)22-2)16(20)13-9(14(8)18)6-11(23-3)15(19)17(13)21/h4-6,19,21H,1-3H3. The Labute approximate surface area is 131 Å². The number of aryl methyl sites for hydroxylation is 1. The summed E-state index contributed by atoms with van der Waals surface area (Å²) in [6, 6.07) is 4.48. The number of carbonyl (C=O) groups is 2. The van der Waals surface area contributed by atoms with Gasteiger partial charge in [0.05, 0.1) is 25.3 Å². The molecule has 0 bridgehead atoms. The monoisotopic (exact) mass is 314 g/mol. The molecule has 3 rings (SSSR count). The van der Waals surface area contributed by atoms with Gasteiger partial charge in [0.15, 0.2) is 17.3 Å². The number of rotatable bonds is 2. The number of methoxy groups -OCH3 is 2. The molecule has 23 heavy (non-hydrogen) atoms. The highest BCUT2D eigenvalue weighted by atomic mass is 16.5. The van der Waals surface area contributed by atoms with Gasteiger partial charge in [-0.3, -0.25) is 9.59 Å². The largest absolute Gasteiger partial charge is 0.504 e. The number of hydrogen-bond donors (Lipinski definition) is 2. The summed E-state index contributed by atoms with van der Waals surface area (Å²) in [5, 5.41) is 20.0. The second-order valence-electron chi connectivity index (χ2n) is 5.25. The Balaban J connectivity index is 2.38. The van der Waals surface area contributed by atoms with Crippen molar-refractivity contribution in [2.24, 2.45) is 0 Å². The minimum atomic E-state index is -0.675. The summed E-state index contributed by atoms with van der Waals surface area (Å²) in [6.07, 6.45) is 0. The number of ketones is 2. The van der Waals surface area contributed by atoms with Crippen molar-refractivity contribution in [1.82, 2.24) is 0 Å². The Kier molecular flexibility index (Phi) is 3.25. The molecule has 0 saturated heterocycles. The van der Waals surface area contributed by atoms with Gasteiger partial charge in [-0.15, -0.1) is 0 Å². The normalized spacial score (nSPS) is 12.7. The molecule has 6 nitrogen and oxygen atoms in total. The number of phenols is 2. The number of carbonyl (C=O) groups excluding carboxylic acids is 2. The maximum atomic E-state index is 12.8. The SMILES string of the molecule is COc1cc2c(c(O)c1O)C(=O)c1c(OC)cc(C)cc1C2=O. The summed E-state index contributed by atoms with van der Waals surface area (Å²) >= 11 is 0. The van der Waals surface area contributed by atoms with Crippen LogP contribution >= 0.6 is 0 Å². The molecule has 0 unspecified atom stereocenters. The highest BCUT2D eigenvalue weighted by Crippen LogP contribution is 2.45. The van der Waals surface area contributed by atoms with Crippen LogP contribution in [0, 0.1) is 6.92 Å². The minimum Gasteiger partial charge on any atom is -0.504 e. The molecule has 6 heteroatoms. The minimum absolute atomic E-state index is 0.0118. The molecule has 0 spiro atoms. The third kappa shape index (κ3) is 1.95. The second kappa shape index (κ2) is 5.01. The molecular weight excluding hydrogens is 300 g/mol. The predicted octanol–water partition coefficient (Wildman–Crippen LogP) is 2.20. The fraction of sp³-hybridized carbons (Fsp3) is 0.176. The molecule has 118 valence electrons. The van der Waals surface area contributed by atoms with Gasteiger partial charge < -0.3 is 19.7 Å². The van der Waals surface area contributed by atoms with E-state index in [1.54, 1.807) is 19.1 Å². The van der Waals surface area contributed by atoms with Crippen LogP contribution in [-0.4, -0.2) is 36.0 Å². The average molecular weight is 314 g/mol. The van der Waals surface area contributed by atoms with E-state index in [-0.39, 0.29) is 33.8 Å².